The summed E-state index contributed by atoms with van der Waals surface area (Å²) in [5.41, 5.74) is 0.980. The van der Waals surface area contributed by atoms with Crippen LogP contribution in [0.1, 0.15) is 23.2 Å². The fourth-order valence-electron chi connectivity index (χ4n) is 2.78. The molecule has 2 aromatic carbocycles. The van der Waals surface area contributed by atoms with Crippen LogP contribution in [0.2, 0.25) is 5.02 Å². The molecule has 2 aromatic rings. The van der Waals surface area contributed by atoms with Gasteiger partial charge in [0, 0.05) is 28.9 Å². The lowest BCUT2D eigenvalue weighted by molar-refractivity contribution is -0.118. The van der Waals surface area contributed by atoms with Crippen LogP contribution in [-0.2, 0) is 9.53 Å². The van der Waals surface area contributed by atoms with Crippen molar-refractivity contribution in [2.75, 3.05) is 25.1 Å². The van der Waals surface area contributed by atoms with Crippen LogP contribution in [0.3, 0.4) is 0 Å². The van der Waals surface area contributed by atoms with Crippen molar-refractivity contribution in [2.24, 2.45) is 0 Å². The zero-order valence-electron chi connectivity index (χ0n) is 15.0. The van der Waals surface area contributed by atoms with Crippen molar-refractivity contribution < 1.29 is 19.1 Å². The lowest BCUT2D eigenvalue weighted by Crippen LogP contribution is -2.31. The molecule has 1 aliphatic heterocycles. The van der Waals surface area contributed by atoms with Gasteiger partial charge in [-0.2, -0.15) is 0 Å². The van der Waals surface area contributed by atoms with E-state index in [1.807, 2.05) is 0 Å². The molecule has 1 fully saturated rings. The van der Waals surface area contributed by atoms with Gasteiger partial charge in [-0.3, -0.25) is 9.59 Å². The third-order valence-electron chi connectivity index (χ3n) is 4.18. The molecule has 3 rings (SSSR count). The highest BCUT2D eigenvalue weighted by molar-refractivity contribution is 9.10. The van der Waals surface area contributed by atoms with Crippen molar-refractivity contribution in [2.45, 2.75) is 18.9 Å². The standard InChI is InChI=1S/C20H20BrClN2O4/c21-14-6-7-18(17(22)10-14)28-12-19(25)24-15-4-1-3-13(9-15)20(26)23-11-16-5-2-8-27-16/h1,3-4,6-7,9-10,16H,2,5,8,11-12H2,(H,23,26)(H,24,25). The molecule has 0 aromatic heterocycles. The summed E-state index contributed by atoms with van der Waals surface area (Å²) >= 11 is 9.38. The van der Waals surface area contributed by atoms with E-state index in [9.17, 15) is 9.59 Å². The summed E-state index contributed by atoms with van der Waals surface area (Å²) in [5.74, 6) is -0.136. The molecule has 2 N–H and O–H groups in total. The Bertz CT molecular complexity index is 856. The van der Waals surface area contributed by atoms with Crippen LogP contribution in [0.5, 0.6) is 5.75 Å². The highest BCUT2D eigenvalue weighted by Gasteiger charge is 2.17. The number of nitrogens with one attached hydrogen (secondary N) is 2. The molecular formula is C20H20BrClN2O4. The quantitative estimate of drug-likeness (QED) is 0.645. The molecular weight excluding hydrogens is 448 g/mol. The van der Waals surface area contributed by atoms with E-state index in [-0.39, 0.29) is 24.5 Å². The molecule has 28 heavy (non-hydrogen) atoms. The zero-order chi connectivity index (χ0) is 19.9. The molecule has 1 saturated heterocycles. The van der Waals surface area contributed by atoms with Crippen LogP contribution in [0.4, 0.5) is 5.69 Å². The van der Waals surface area contributed by atoms with Crippen molar-refractivity contribution in [3.05, 3.63) is 57.5 Å². The number of benzene rings is 2. The van der Waals surface area contributed by atoms with Crippen molar-refractivity contribution in [3.63, 3.8) is 0 Å². The summed E-state index contributed by atoms with van der Waals surface area (Å²) in [6, 6.07) is 11.9. The largest absolute Gasteiger partial charge is 0.482 e. The van der Waals surface area contributed by atoms with Crippen LogP contribution in [0, 0.1) is 0 Å². The Labute approximate surface area is 176 Å². The average Bonchev–Trinajstić information content (AvgIpc) is 3.19. The number of carbonyl (C=O) groups is 2. The summed E-state index contributed by atoms with van der Waals surface area (Å²) in [6.07, 6.45) is 2.06. The minimum atomic E-state index is -0.351. The fraction of sp³-hybridized carbons (Fsp3) is 0.300. The number of carbonyl (C=O) groups excluding carboxylic acids is 2. The third kappa shape index (κ3) is 5.95. The minimum absolute atomic E-state index is 0.0782. The number of hydrogen-bond donors (Lipinski definition) is 2. The van der Waals surface area contributed by atoms with Crippen molar-refractivity contribution >= 4 is 45.0 Å². The molecule has 0 aliphatic carbocycles. The Morgan fingerprint density at radius 1 is 1.25 bits per heavy atom. The first-order valence-corrected chi connectivity index (χ1v) is 10.1. The van der Waals surface area contributed by atoms with E-state index in [2.05, 4.69) is 26.6 Å². The van der Waals surface area contributed by atoms with Crippen molar-refractivity contribution in [1.29, 1.82) is 0 Å². The first kappa shape index (κ1) is 20.6. The first-order valence-electron chi connectivity index (χ1n) is 8.89. The summed E-state index contributed by atoms with van der Waals surface area (Å²) in [5, 5.41) is 5.98. The van der Waals surface area contributed by atoms with Gasteiger partial charge in [0.2, 0.25) is 0 Å². The maximum Gasteiger partial charge on any atom is 0.262 e. The molecule has 8 heteroatoms. The number of anilines is 1. The Morgan fingerprint density at radius 3 is 2.86 bits per heavy atom. The highest BCUT2D eigenvalue weighted by atomic mass is 79.9. The van der Waals surface area contributed by atoms with Crippen LogP contribution in [0.25, 0.3) is 0 Å². The fourth-order valence-corrected chi connectivity index (χ4v) is 3.51. The van der Waals surface area contributed by atoms with Gasteiger partial charge in [-0.25, -0.2) is 0 Å². The van der Waals surface area contributed by atoms with Gasteiger partial charge >= 0.3 is 0 Å². The summed E-state index contributed by atoms with van der Waals surface area (Å²) in [6.45, 7) is 1.03. The van der Waals surface area contributed by atoms with Gasteiger partial charge in [-0.05, 0) is 49.2 Å². The van der Waals surface area contributed by atoms with Crippen LogP contribution >= 0.6 is 27.5 Å². The van der Waals surface area contributed by atoms with Gasteiger partial charge in [0.05, 0.1) is 11.1 Å². The maximum absolute atomic E-state index is 12.3. The lowest BCUT2D eigenvalue weighted by Gasteiger charge is -2.12. The van der Waals surface area contributed by atoms with E-state index < -0.39 is 0 Å². The van der Waals surface area contributed by atoms with Gasteiger partial charge in [-0.1, -0.05) is 33.6 Å². The van der Waals surface area contributed by atoms with Gasteiger partial charge in [-0.15, -0.1) is 0 Å². The van der Waals surface area contributed by atoms with Crippen molar-refractivity contribution in [1.82, 2.24) is 5.32 Å². The second-order valence-corrected chi connectivity index (χ2v) is 7.66. The van der Waals surface area contributed by atoms with E-state index in [1.165, 1.54) is 0 Å². The molecule has 1 atom stereocenters. The second-order valence-electron chi connectivity index (χ2n) is 6.34. The normalized spacial score (nSPS) is 15.9. The molecule has 0 bridgehead atoms. The average molecular weight is 468 g/mol. The molecule has 0 spiro atoms. The lowest BCUT2D eigenvalue weighted by atomic mass is 10.1. The molecule has 0 radical (unpaired) electrons. The smallest absolute Gasteiger partial charge is 0.262 e. The van der Waals surface area contributed by atoms with E-state index in [4.69, 9.17) is 21.1 Å². The van der Waals surface area contributed by atoms with E-state index in [0.717, 1.165) is 23.9 Å². The van der Waals surface area contributed by atoms with E-state index in [0.29, 0.717) is 28.6 Å². The highest BCUT2D eigenvalue weighted by Crippen LogP contribution is 2.27. The van der Waals surface area contributed by atoms with Crippen LogP contribution in [0.15, 0.2) is 46.9 Å². The summed E-state index contributed by atoms with van der Waals surface area (Å²) < 4.78 is 11.8. The molecule has 1 unspecified atom stereocenters. The molecule has 1 heterocycles. The zero-order valence-corrected chi connectivity index (χ0v) is 17.4. The van der Waals surface area contributed by atoms with Gasteiger partial charge in [0.1, 0.15) is 5.75 Å². The number of amides is 2. The number of ether oxygens (including phenoxy) is 2. The van der Waals surface area contributed by atoms with Crippen LogP contribution in [-0.4, -0.2) is 37.7 Å². The Balaban J connectivity index is 1.51. The second kappa shape index (κ2) is 9.91. The van der Waals surface area contributed by atoms with Gasteiger partial charge in [0.25, 0.3) is 11.8 Å². The maximum atomic E-state index is 12.3. The van der Waals surface area contributed by atoms with E-state index >= 15 is 0 Å². The third-order valence-corrected chi connectivity index (χ3v) is 4.96. The molecule has 2 amide bonds. The predicted molar refractivity (Wildman–Crippen MR) is 111 cm³/mol. The molecule has 0 saturated carbocycles. The van der Waals surface area contributed by atoms with Gasteiger partial charge < -0.3 is 20.1 Å². The minimum Gasteiger partial charge on any atom is -0.482 e. The SMILES string of the molecule is O=C(COc1ccc(Br)cc1Cl)Nc1cccc(C(=O)NCC2CCCO2)c1. The first-order chi connectivity index (χ1) is 13.5. The topological polar surface area (TPSA) is 76.7 Å². The number of hydrogen-bond acceptors (Lipinski definition) is 4. The summed E-state index contributed by atoms with van der Waals surface area (Å²) in [7, 11) is 0. The molecule has 6 nitrogen and oxygen atoms in total. The number of rotatable bonds is 7. The molecule has 1 aliphatic rings. The number of halogens is 2. The monoisotopic (exact) mass is 466 g/mol. The van der Waals surface area contributed by atoms with Gasteiger partial charge in [0.15, 0.2) is 6.61 Å². The summed E-state index contributed by atoms with van der Waals surface area (Å²) in [4.78, 5) is 24.4. The van der Waals surface area contributed by atoms with Crippen LogP contribution < -0.4 is 15.4 Å². The van der Waals surface area contributed by atoms with Crippen molar-refractivity contribution in [3.8, 4) is 5.75 Å². The Hall–Kier alpha value is -2.09. The van der Waals surface area contributed by atoms with E-state index in [1.54, 1.807) is 42.5 Å². The Kier molecular flexibility index (Phi) is 7.30. The molecule has 148 valence electrons. The Morgan fingerprint density at radius 2 is 2.11 bits per heavy atom. The predicted octanol–water partition coefficient (Wildman–Crippen LogP) is 4.03.